The Hall–Kier alpha value is -0.780. The van der Waals surface area contributed by atoms with Crippen molar-refractivity contribution >= 4 is 0 Å². The maximum absolute atomic E-state index is 2.35. The average Bonchev–Trinajstić information content (AvgIpc) is 2.28. The van der Waals surface area contributed by atoms with Gasteiger partial charge >= 0.3 is 0 Å². The van der Waals surface area contributed by atoms with Crippen molar-refractivity contribution in [1.29, 1.82) is 0 Å². The van der Waals surface area contributed by atoms with Crippen LogP contribution in [0.5, 0.6) is 0 Å². The van der Waals surface area contributed by atoms with Crippen molar-refractivity contribution < 1.29 is 0 Å². The number of benzene rings is 1. The Morgan fingerprint density at radius 3 is 2.06 bits per heavy atom. The molecule has 0 heteroatoms. The summed E-state index contributed by atoms with van der Waals surface area (Å²) in [5, 5.41) is 0. The van der Waals surface area contributed by atoms with Crippen LogP contribution in [0.2, 0.25) is 0 Å². The molecule has 0 saturated carbocycles. The second kappa shape index (κ2) is 6.23. The molecule has 1 rings (SSSR count). The van der Waals surface area contributed by atoms with Gasteiger partial charge in [-0.25, -0.2) is 0 Å². The van der Waals surface area contributed by atoms with Gasteiger partial charge in [-0.2, -0.15) is 0 Å². The number of rotatable bonds is 5. The molecule has 0 heterocycles. The van der Waals surface area contributed by atoms with Crippen LogP contribution in [0.3, 0.4) is 0 Å². The lowest BCUT2D eigenvalue weighted by Gasteiger charge is -2.20. The van der Waals surface area contributed by atoms with Crippen LogP contribution in [-0.4, -0.2) is 0 Å². The van der Waals surface area contributed by atoms with Crippen LogP contribution in [0, 0.1) is 0 Å². The Bertz CT molecular complexity index is 313. The SMILES string of the molecule is CCCCCC(C)c1ccc(C(C)(C)C)cc1. The predicted octanol–water partition coefficient (Wildman–Crippen LogP) is 5.67. The first kappa shape index (κ1) is 14.3. The molecule has 0 aliphatic rings. The third kappa shape index (κ3) is 4.53. The van der Waals surface area contributed by atoms with Crippen molar-refractivity contribution in [2.45, 2.75) is 71.6 Å². The molecule has 0 aliphatic carbocycles. The van der Waals surface area contributed by atoms with E-state index in [9.17, 15) is 0 Å². The van der Waals surface area contributed by atoms with E-state index in [1.165, 1.54) is 36.8 Å². The van der Waals surface area contributed by atoms with Crippen LogP contribution in [0.1, 0.15) is 77.3 Å². The van der Waals surface area contributed by atoms with Crippen molar-refractivity contribution in [3.63, 3.8) is 0 Å². The van der Waals surface area contributed by atoms with Gasteiger partial charge in [-0.15, -0.1) is 0 Å². The Kier molecular flexibility index (Phi) is 5.24. The fourth-order valence-corrected chi connectivity index (χ4v) is 2.18. The molecule has 0 aliphatic heterocycles. The Labute approximate surface area is 107 Å². The van der Waals surface area contributed by atoms with Gasteiger partial charge in [0.2, 0.25) is 0 Å². The monoisotopic (exact) mass is 232 g/mol. The van der Waals surface area contributed by atoms with E-state index in [-0.39, 0.29) is 5.41 Å². The summed E-state index contributed by atoms with van der Waals surface area (Å²) < 4.78 is 0. The molecular weight excluding hydrogens is 204 g/mol. The fourth-order valence-electron chi connectivity index (χ4n) is 2.18. The molecule has 0 nitrogen and oxygen atoms in total. The number of hydrogen-bond donors (Lipinski definition) is 0. The molecule has 0 radical (unpaired) electrons. The van der Waals surface area contributed by atoms with Gasteiger partial charge in [0.1, 0.15) is 0 Å². The van der Waals surface area contributed by atoms with Crippen molar-refractivity contribution in [1.82, 2.24) is 0 Å². The van der Waals surface area contributed by atoms with E-state index >= 15 is 0 Å². The highest BCUT2D eigenvalue weighted by Crippen LogP contribution is 2.26. The summed E-state index contributed by atoms with van der Waals surface area (Å²) in [6.45, 7) is 11.4. The second-order valence-corrected chi connectivity index (χ2v) is 6.27. The van der Waals surface area contributed by atoms with E-state index < -0.39 is 0 Å². The summed E-state index contributed by atoms with van der Waals surface area (Å²) in [6.07, 6.45) is 5.36. The molecule has 0 bridgehead atoms. The molecule has 0 amide bonds. The summed E-state index contributed by atoms with van der Waals surface area (Å²) in [4.78, 5) is 0. The largest absolute Gasteiger partial charge is 0.0654 e. The lowest BCUT2D eigenvalue weighted by Crippen LogP contribution is -2.10. The van der Waals surface area contributed by atoms with Crippen LogP contribution < -0.4 is 0 Å². The van der Waals surface area contributed by atoms with E-state index in [1.807, 2.05) is 0 Å². The summed E-state index contributed by atoms with van der Waals surface area (Å²) in [5.41, 5.74) is 3.19. The molecule has 1 atom stereocenters. The minimum absolute atomic E-state index is 0.268. The fraction of sp³-hybridized carbons (Fsp3) is 0.647. The summed E-state index contributed by atoms with van der Waals surface area (Å²) in [7, 11) is 0. The second-order valence-electron chi connectivity index (χ2n) is 6.27. The third-order valence-corrected chi connectivity index (χ3v) is 3.59. The molecule has 0 N–H and O–H groups in total. The van der Waals surface area contributed by atoms with Crippen molar-refractivity contribution in [3.05, 3.63) is 35.4 Å². The highest BCUT2D eigenvalue weighted by atomic mass is 14.2. The quantitative estimate of drug-likeness (QED) is 0.574. The summed E-state index contributed by atoms with van der Waals surface area (Å²) in [6, 6.07) is 9.23. The maximum atomic E-state index is 2.35. The van der Waals surface area contributed by atoms with Gasteiger partial charge in [0.25, 0.3) is 0 Å². The highest BCUT2D eigenvalue weighted by molar-refractivity contribution is 5.29. The van der Waals surface area contributed by atoms with Gasteiger partial charge in [0.15, 0.2) is 0 Å². The normalized spacial score (nSPS) is 13.7. The van der Waals surface area contributed by atoms with E-state index in [0.29, 0.717) is 5.92 Å². The minimum atomic E-state index is 0.268. The molecule has 0 aromatic heterocycles. The van der Waals surface area contributed by atoms with Gasteiger partial charge in [-0.3, -0.25) is 0 Å². The topological polar surface area (TPSA) is 0 Å². The minimum Gasteiger partial charge on any atom is -0.0654 e. The standard InChI is InChI=1S/C17H28/c1-6-7-8-9-14(2)15-10-12-16(13-11-15)17(3,4)5/h10-14H,6-9H2,1-5H3. The van der Waals surface area contributed by atoms with Gasteiger partial charge in [0.05, 0.1) is 0 Å². The molecule has 1 aromatic carbocycles. The Balaban J connectivity index is 2.61. The van der Waals surface area contributed by atoms with Crippen LogP contribution in [0.4, 0.5) is 0 Å². The zero-order valence-electron chi connectivity index (χ0n) is 12.2. The van der Waals surface area contributed by atoms with E-state index in [0.717, 1.165) is 0 Å². The van der Waals surface area contributed by atoms with E-state index in [1.54, 1.807) is 0 Å². The Morgan fingerprint density at radius 1 is 1.00 bits per heavy atom. The zero-order valence-corrected chi connectivity index (χ0v) is 12.2. The van der Waals surface area contributed by atoms with Gasteiger partial charge < -0.3 is 0 Å². The first-order chi connectivity index (χ1) is 7.95. The molecule has 1 unspecified atom stereocenters. The first-order valence-corrected chi connectivity index (χ1v) is 7.05. The van der Waals surface area contributed by atoms with Gasteiger partial charge in [0, 0.05) is 0 Å². The highest BCUT2D eigenvalue weighted by Gasteiger charge is 2.13. The lowest BCUT2D eigenvalue weighted by molar-refractivity contribution is 0.584. The number of hydrogen-bond acceptors (Lipinski definition) is 0. The molecule has 1 aromatic rings. The number of unbranched alkanes of at least 4 members (excludes halogenated alkanes) is 2. The molecular formula is C17H28. The first-order valence-electron chi connectivity index (χ1n) is 7.05. The van der Waals surface area contributed by atoms with Crippen molar-refractivity contribution in [2.24, 2.45) is 0 Å². The third-order valence-electron chi connectivity index (χ3n) is 3.59. The molecule has 96 valence electrons. The molecule has 0 spiro atoms. The van der Waals surface area contributed by atoms with Crippen molar-refractivity contribution in [3.8, 4) is 0 Å². The van der Waals surface area contributed by atoms with Crippen LogP contribution in [-0.2, 0) is 5.41 Å². The lowest BCUT2D eigenvalue weighted by atomic mass is 9.85. The van der Waals surface area contributed by atoms with E-state index in [4.69, 9.17) is 0 Å². The van der Waals surface area contributed by atoms with Gasteiger partial charge in [-0.1, -0.05) is 78.1 Å². The van der Waals surface area contributed by atoms with Crippen LogP contribution >= 0.6 is 0 Å². The van der Waals surface area contributed by atoms with Crippen molar-refractivity contribution in [2.75, 3.05) is 0 Å². The maximum Gasteiger partial charge on any atom is -0.0132 e. The Morgan fingerprint density at radius 2 is 1.59 bits per heavy atom. The van der Waals surface area contributed by atoms with Crippen LogP contribution in [0.15, 0.2) is 24.3 Å². The van der Waals surface area contributed by atoms with Crippen LogP contribution in [0.25, 0.3) is 0 Å². The predicted molar refractivity (Wildman–Crippen MR) is 77.7 cm³/mol. The zero-order chi connectivity index (χ0) is 12.9. The summed E-state index contributed by atoms with van der Waals surface area (Å²) >= 11 is 0. The average molecular weight is 232 g/mol. The van der Waals surface area contributed by atoms with E-state index in [2.05, 4.69) is 58.9 Å². The summed E-state index contributed by atoms with van der Waals surface area (Å²) in [5.74, 6) is 0.704. The smallest absolute Gasteiger partial charge is 0.0132 e. The molecule has 17 heavy (non-hydrogen) atoms. The van der Waals surface area contributed by atoms with Gasteiger partial charge in [-0.05, 0) is 28.9 Å². The molecule has 0 saturated heterocycles. The molecule has 0 fully saturated rings.